The first-order chi connectivity index (χ1) is 8.42. The van der Waals surface area contributed by atoms with Gasteiger partial charge < -0.3 is 10.0 Å². The van der Waals surface area contributed by atoms with Crippen molar-refractivity contribution in [3.8, 4) is 0 Å². The maximum Gasteiger partial charge on any atom is 0.124 e. The molecule has 0 spiro atoms. The van der Waals surface area contributed by atoms with Crippen LogP contribution in [0.4, 0.5) is 4.39 Å². The molecule has 0 bridgehead atoms. The minimum absolute atomic E-state index is 0.315. The Labute approximate surface area is 112 Å². The molecule has 2 rings (SSSR count). The van der Waals surface area contributed by atoms with Crippen LogP contribution in [-0.4, -0.2) is 29.1 Å². The van der Waals surface area contributed by atoms with E-state index in [2.05, 4.69) is 18.7 Å². The normalized spacial score (nSPS) is 20.3. The van der Waals surface area contributed by atoms with Gasteiger partial charge in [-0.3, -0.25) is 0 Å². The Morgan fingerprint density at radius 2 is 1.94 bits per heavy atom. The van der Waals surface area contributed by atoms with Gasteiger partial charge in [0.05, 0.1) is 5.60 Å². The quantitative estimate of drug-likeness (QED) is 0.893. The van der Waals surface area contributed by atoms with Crippen LogP contribution in [0.3, 0.4) is 0 Å². The second kappa shape index (κ2) is 5.16. The highest BCUT2D eigenvalue weighted by Crippen LogP contribution is 2.37. The fraction of sp³-hybridized carbons (Fsp3) is 0.571. The summed E-state index contributed by atoms with van der Waals surface area (Å²) in [5, 5.41) is 11.0. The predicted molar refractivity (Wildman–Crippen MR) is 71.2 cm³/mol. The number of rotatable bonds is 2. The lowest BCUT2D eigenvalue weighted by Gasteiger charge is -2.40. The first-order valence-corrected chi connectivity index (χ1v) is 6.72. The van der Waals surface area contributed by atoms with E-state index in [-0.39, 0.29) is 5.82 Å². The second-order valence-electron chi connectivity index (χ2n) is 5.29. The van der Waals surface area contributed by atoms with E-state index in [1.54, 1.807) is 6.07 Å². The first kappa shape index (κ1) is 13.8. The lowest BCUT2D eigenvalue weighted by atomic mass is 9.84. The van der Waals surface area contributed by atoms with Gasteiger partial charge >= 0.3 is 0 Å². The van der Waals surface area contributed by atoms with Crippen molar-refractivity contribution in [1.29, 1.82) is 0 Å². The van der Waals surface area contributed by atoms with Crippen LogP contribution in [0.25, 0.3) is 0 Å². The smallest absolute Gasteiger partial charge is 0.124 e. The molecule has 100 valence electrons. The van der Waals surface area contributed by atoms with Crippen LogP contribution >= 0.6 is 11.6 Å². The molecular weight excluding hydrogens is 253 g/mol. The molecule has 0 saturated carbocycles. The van der Waals surface area contributed by atoms with Crippen LogP contribution in [0.15, 0.2) is 18.2 Å². The molecule has 1 fully saturated rings. The molecule has 1 N–H and O–H groups in total. The minimum atomic E-state index is -0.920. The minimum Gasteiger partial charge on any atom is -0.385 e. The standard InChI is InChI=1S/C14H19ClFNO/c1-10(2)17-7-5-14(18,6-8-17)12-4-3-11(16)9-13(12)15/h3-4,9-10,18H,5-8H2,1-2H3. The highest BCUT2D eigenvalue weighted by Gasteiger charge is 2.36. The summed E-state index contributed by atoms with van der Waals surface area (Å²) in [5.74, 6) is -0.369. The molecule has 1 aromatic carbocycles. The Balaban J connectivity index is 2.18. The van der Waals surface area contributed by atoms with Gasteiger partial charge in [-0.2, -0.15) is 0 Å². The number of halogens is 2. The first-order valence-electron chi connectivity index (χ1n) is 6.34. The number of likely N-dealkylation sites (tertiary alicyclic amines) is 1. The molecule has 0 aliphatic carbocycles. The molecule has 1 aliphatic rings. The van der Waals surface area contributed by atoms with E-state index in [0.717, 1.165) is 13.1 Å². The Kier molecular flexibility index (Phi) is 3.95. The van der Waals surface area contributed by atoms with Crippen molar-refractivity contribution < 1.29 is 9.50 Å². The van der Waals surface area contributed by atoms with Crippen LogP contribution in [0.2, 0.25) is 5.02 Å². The summed E-state index contributed by atoms with van der Waals surface area (Å²) in [4.78, 5) is 2.33. The summed E-state index contributed by atoms with van der Waals surface area (Å²) < 4.78 is 13.0. The van der Waals surface area contributed by atoms with E-state index in [1.165, 1.54) is 12.1 Å². The monoisotopic (exact) mass is 271 g/mol. The summed E-state index contributed by atoms with van der Waals surface area (Å²) in [6.07, 6.45) is 1.27. The SMILES string of the molecule is CC(C)N1CCC(O)(c2ccc(F)cc2Cl)CC1. The third-order valence-corrected chi connectivity index (χ3v) is 4.10. The van der Waals surface area contributed by atoms with Crippen molar-refractivity contribution in [2.24, 2.45) is 0 Å². The fourth-order valence-electron chi connectivity index (χ4n) is 2.55. The largest absolute Gasteiger partial charge is 0.385 e. The zero-order chi connectivity index (χ0) is 13.3. The maximum atomic E-state index is 13.0. The van der Waals surface area contributed by atoms with Crippen molar-refractivity contribution in [3.05, 3.63) is 34.6 Å². The number of benzene rings is 1. The summed E-state index contributed by atoms with van der Waals surface area (Å²) in [6.45, 7) is 5.97. The molecule has 1 aromatic rings. The van der Waals surface area contributed by atoms with E-state index in [9.17, 15) is 9.50 Å². The lowest BCUT2D eigenvalue weighted by Crippen LogP contribution is -2.45. The number of aliphatic hydroxyl groups is 1. The second-order valence-corrected chi connectivity index (χ2v) is 5.69. The summed E-state index contributed by atoms with van der Waals surface area (Å²) >= 11 is 6.04. The molecule has 18 heavy (non-hydrogen) atoms. The van der Waals surface area contributed by atoms with Crippen molar-refractivity contribution in [1.82, 2.24) is 4.90 Å². The zero-order valence-corrected chi connectivity index (χ0v) is 11.5. The average Bonchev–Trinajstić information content (AvgIpc) is 2.29. The average molecular weight is 272 g/mol. The van der Waals surface area contributed by atoms with Crippen molar-refractivity contribution >= 4 is 11.6 Å². The maximum absolute atomic E-state index is 13.0. The zero-order valence-electron chi connectivity index (χ0n) is 10.8. The van der Waals surface area contributed by atoms with E-state index < -0.39 is 5.60 Å². The molecule has 1 heterocycles. The van der Waals surface area contributed by atoms with Gasteiger partial charge in [0.2, 0.25) is 0 Å². The van der Waals surface area contributed by atoms with Crippen LogP contribution in [0.5, 0.6) is 0 Å². The van der Waals surface area contributed by atoms with Gasteiger partial charge in [0, 0.05) is 29.7 Å². The summed E-state index contributed by atoms with van der Waals surface area (Å²) in [7, 11) is 0. The van der Waals surface area contributed by atoms with Gasteiger partial charge in [0.15, 0.2) is 0 Å². The highest BCUT2D eigenvalue weighted by atomic mass is 35.5. The number of hydrogen-bond donors (Lipinski definition) is 1. The highest BCUT2D eigenvalue weighted by molar-refractivity contribution is 6.31. The van der Waals surface area contributed by atoms with Gasteiger partial charge in [0.25, 0.3) is 0 Å². The van der Waals surface area contributed by atoms with E-state index in [4.69, 9.17) is 11.6 Å². The predicted octanol–water partition coefficient (Wildman–Crippen LogP) is 3.17. The molecule has 2 nitrogen and oxygen atoms in total. The molecule has 1 saturated heterocycles. The third kappa shape index (κ3) is 2.68. The molecule has 0 atom stereocenters. The van der Waals surface area contributed by atoms with Crippen molar-refractivity contribution in [2.75, 3.05) is 13.1 Å². The van der Waals surface area contributed by atoms with Gasteiger partial charge in [-0.25, -0.2) is 4.39 Å². The Morgan fingerprint density at radius 3 is 2.44 bits per heavy atom. The van der Waals surface area contributed by atoms with E-state index in [0.29, 0.717) is 29.5 Å². The van der Waals surface area contributed by atoms with Crippen molar-refractivity contribution in [2.45, 2.75) is 38.3 Å². The summed E-state index contributed by atoms with van der Waals surface area (Å²) in [6, 6.07) is 4.71. The molecule has 0 unspecified atom stereocenters. The lowest BCUT2D eigenvalue weighted by molar-refractivity contribution is -0.0323. The molecule has 4 heteroatoms. The molecule has 0 amide bonds. The third-order valence-electron chi connectivity index (χ3n) is 3.79. The molecular formula is C14H19ClFNO. The Bertz CT molecular complexity index is 428. The van der Waals surface area contributed by atoms with Gasteiger partial charge in [-0.15, -0.1) is 0 Å². The topological polar surface area (TPSA) is 23.5 Å². The fourth-order valence-corrected chi connectivity index (χ4v) is 2.89. The number of nitrogens with zero attached hydrogens (tertiary/aromatic N) is 1. The Morgan fingerprint density at radius 1 is 1.33 bits per heavy atom. The van der Waals surface area contributed by atoms with Crippen LogP contribution < -0.4 is 0 Å². The van der Waals surface area contributed by atoms with Crippen LogP contribution in [0, 0.1) is 5.82 Å². The van der Waals surface area contributed by atoms with Gasteiger partial charge in [-0.05, 0) is 38.8 Å². The number of hydrogen-bond acceptors (Lipinski definition) is 2. The molecule has 0 aromatic heterocycles. The van der Waals surface area contributed by atoms with E-state index >= 15 is 0 Å². The van der Waals surface area contributed by atoms with Gasteiger partial charge in [0.1, 0.15) is 5.82 Å². The molecule has 1 aliphatic heterocycles. The van der Waals surface area contributed by atoms with Gasteiger partial charge in [-0.1, -0.05) is 17.7 Å². The van der Waals surface area contributed by atoms with Crippen LogP contribution in [0.1, 0.15) is 32.3 Å². The van der Waals surface area contributed by atoms with Crippen LogP contribution in [-0.2, 0) is 5.60 Å². The van der Waals surface area contributed by atoms with Crippen molar-refractivity contribution in [3.63, 3.8) is 0 Å². The number of piperidine rings is 1. The molecule has 0 radical (unpaired) electrons. The van der Waals surface area contributed by atoms with E-state index in [1.807, 2.05) is 0 Å². The Hall–Kier alpha value is -0.640. The summed E-state index contributed by atoms with van der Waals surface area (Å²) in [5.41, 5.74) is -0.273.